The number of benzene rings is 1. The van der Waals surface area contributed by atoms with Crippen molar-refractivity contribution < 1.29 is 9.53 Å². The molecule has 0 spiro atoms. The lowest BCUT2D eigenvalue weighted by atomic mass is 9.89. The molecular formula is C16H21NO2. The lowest BCUT2D eigenvalue weighted by Crippen LogP contribution is -2.29. The van der Waals surface area contributed by atoms with E-state index in [-0.39, 0.29) is 18.2 Å². The Morgan fingerprint density at radius 1 is 1.37 bits per heavy atom. The molecule has 2 aliphatic rings. The van der Waals surface area contributed by atoms with Crippen LogP contribution < -0.4 is 0 Å². The molecule has 0 aromatic heterocycles. The van der Waals surface area contributed by atoms with E-state index >= 15 is 0 Å². The standard InChI is InChI=1S/C16H21NO2/c1-3-4-10-19-16(18)17-13-8-9-14(17)15-11(2)6-5-7-12(13)15/h5-7,13-14H,3-4,8-10H2,1-2H3/t13-,14+/m1/s1. The van der Waals surface area contributed by atoms with Crippen LogP contribution in [0.5, 0.6) is 0 Å². The molecule has 0 aliphatic carbocycles. The SMILES string of the molecule is CCCCOC(=O)N1[C@@H]2CC[C@H]1c1c(C)cccc12. The second-order valence-electron chi connectivity index (χ2n) is 5.56. The zero-order chi connectivity index (χ0) is 13.4. The van der Waals surface area contributed by atoms with Crippen LogP contribution >= 0.6 is 0 Å². The fourth-order valence-electron chi connectivity index (χ4n) is 3.48. The summed E-state index contributed by atoms with van der Waals surface area (Å²) in [6, 6.07) is 6.89. The number of carbonyl (C=O) groups is 1. The summed E-state index contributed by atoms with van der Waals surface area (Å²) in [7, 11) is 0. The zero-order valence-corrected chi connectivity index (χ0v) is 11.7. The monoisotopic (exact) mass is 259 g/mol. The number of hydrogen-bond donors (Lipinski definition) is 0. The minimum Gasteiger partial charge on any atom is -0.449 e. The molecule has 3 nitrogen and oxygen atoms in total. The van der Waals surface area contributed by atoms with E-state index < -0.39 is 0 Å². The van der Waals surface area contributed by atoms with E-state index in [1.54, 1.807) is 0 Å². The van der Waals surface area contributed by atoms with Gasteiger partial charge in [-0.05, 0) is 42.9 Å². The van der Waals surface area contributed by atoms with Gasteiger partial charge in [0.05, 0.1) is 18.7 Å². The highest BCUT2D eigenvalue weighted by molar-refractivity contribution is 5.72. The third-order valence-corrected chi connectivity index (χ3v) is 4.37. The van der Waals surface area contributed by atoms with Crippen LogP contribution in [0, 0.1) is 6.92 Å². The largest absolute Gasteiger partial charge is 0.449 e. The Hall–Kier alpha value is -1.51. The number of unbranched alkanes of at least 4 members (excludes halogenated alkanes) is 1. The topological polar surface area (TPSA) is 29.5 Å². The van der Waals surface area contributed by atoms with Gasteiger partial charge in [-0.25, -0.2) is 4.79 Å². The molecule has 1 saturated heterocycles. The predicted octanol–water partition coefficient (Wildman–Crippen LogP) is 4.12. The molecule has 1 aromatic carbocycles. The molecule has 2 atom stereocenters. The van der Waals surface area contributed by atoms with E-state index in [1.807, 2.05) is 4.90 Å². The van der Waals surface area contributed by atoms with Crippen molar-refractivity contribution in [1.29, 1.82) is 0 Å². The molecule has 2 bridgehead atoms. The van der Waals surface area contributed by atoms with Crippen LogP contribution in [0.25, 0.3) is 0 Å². The molecule has 102 valence electrons. The highest BCUT2D eigenvalue weighted by Crippen LogP contribution is 2.54. The molecule has 0 N–H and O–H groups in total. The summed E-state index contributed by atoms with van der Waals surface area (Å²) in [5, 5.41) is 0. The smallest absolute Gasteiger partial charge is 0.410 e. The first-order valence-corrected chi connectivity index (χ1v) is 7.28. The third-order valence-electron chi connectivity index (χ3n) is 4.37. The molecule has 2 aliphatic heterocycles. The van der Waals surface area contributed by atoms with Gasteiger partial charge >= 0.3 is 6.09 Å². The summed E-state index contributed by atoms with van der Waals surface area (Å²) in [6.07, 6.45) is 4.02. The highest BCUT2D eigenvalue weighted by Gasteiger charge is 2.47. The molecule has 0 radical (unpaired) electrons. The van der Waals surface area contributed by atoms with Gasteiger partial charge in [-0.2, -0.15) is 0 Å². The Kier molecular flexibility index (Phi) is 3.21. The van der Waals surface area contributed by atoms with Gasteiger partial charge in [-0.3, -0.25) is 4.90 Å². The van der Waals surface area contributed by atoms with Gasteiger partial charge in [-0.15, -0.1) is 0 Å². The maximum atomic E-state index is 12.3. The van der Waals surface area contributed by atoms with Crippen molar-refractivity contribution in [2.24, 2.45) is 0 Å². The first kappa shape index (κ1) is 12.5. The molecule has 19 heavy (non-hydrogen) atoms. The minimum atomic E-state index is -0.128. The number of aryl methyl sites for hydroxylation is 1. The second-order valence-corrected chi connectivity index (χ2v) is 5.56. The Balaban J connectivity index is 1.81. The summed E-state index contributed by atoms with van der Waals surface area (Å²) in [4.78, 5) is 14.2. The van der Waals surface area contributed by atoms with Gasteiger partial charge in [0.2, 0.25) is 0 Å². The Bertz CT molecular complexity index is 498. The van der Waals surface area contributed by atoms with Crippen LogP contribution in [0.2, 0.25) is 0 Å². The Labute approximate surface area is 114 Å². The number of amides is 1. The number of hydrogen-bond acceptors (Lipinski definition) is 2. The van der Waals surface area contributed by atoms with Gasteiger partial charge in [0, 0.05) is 0 Å². The molecule has 0 saturated carbocycles. The Morgan fingerprint density at radius 2 is 2.16 bits per heavy atom. The van der Waals surface area contributed by atoms with Gasteiger partial charge in [0.25, 0.3) is 0 Å². The molecule has 1 aromatic rings. The van der Waals surface area contributed by atoms with E-state index in [0.29, 0.717) is 6.61 Å². The van der Waals surface area contributed by atoms with E-state index in [9.17, 15) is 4.79 Å². The number of nitrogens with zero attached hydrogens (tertiary/aromatic N) is 1. The van der Waals surface area contributed by atoms with Crippen molar-refractivity contribution in [3.8, 4) is 0 Å². The molecule has 1 fully saturated rings. The van der Waals surface area contributed by atoms with E-state index in [4.69, 9.17) is 4.74 Å². The molecule has 2 heterocycles. The van der Waals surface area contributed by atoms with Crippen molar-refractivity contribution in [2.75, 3.05) is 6.61 Å². The second kappa shape index (κ2) is 4.87. The van der Waals surface area contributed by atoms with E-state index in [2.05, 4.69) is 32.0 Å². The molecule has 3 heteroatoms. The van der Waals surface area contributed by atoms with Gasteiger partial charge in [0.15, 0.2) is 0 Å². The van der Waals surface area contributed by atoms with Crippen molar-refractivity contribution in [2.45, 2.75) is 51.6 Å². The number of carbonyl (C=O) groups excluding carboxylic acids is 1. The predicted molar refractivity (Wildman–Crippen MR) is 74.0 cm³/mol. The highest BCUT2D eigenvalue weighted by atomic mass is 16.6. The van der Waals surface area contributed by atoms with Gasteiger partial charge in [0.1, 0.15) is 0 Å². The third kappa shape index (κ3) is 1.92. The lowest BCUT2D eigenvalue weighted by Gasteiger charge is -2.22. The number of fused-ring (bicyclic) bond motifs is 5. The van der Waals surface area contributed by atoms with Crippen LogP contribution in [-0.2, 0) is 4.74 Å². The van der Waals surface area contributed by atoms with Crippen molar-refractivity contribution in [3.63, 3.8) is 0 Å². The van der Waals surface area contributed by atoms with Crippen LogP contribution in [0.1, 0.15) is 61.4 Å². The average Bonchev–Trinajstić information content (AvgIpc) is 2.96. The Morgan fingerprint density at radius 3 is 2.89 bits per heavy atom. The normalized spacial score (nSPS) is 23.6. The first-order chi connectivity index (χ1) is 9.24. The summed E-state index contributed by atoms with van der Waals surface area (Å²) >= 11 is 0. The molecule has 3 rings (SSSR count). The summed E-state index contributed by atoms with van der Waals surface area (Å²) in [6.45, 7) is 4.79. The molecule has 1 amide bonds. The summed E-state index contributed by atoms with van der Waals surface area (Å²) in [5.41, 5.74) is 4.01. The maximum absolute atomic E-state index is 12.3. The minimum absolute atomic E-state index is 0.128. The number of rotatable bonds is 3. The van der Waals surface area contributed by atoms with Crippen LogP contribution in [0.3, 0.4) is 0 Å². The number of ether oxygens (including phenoxy) is 1. The summed E-state index contributed by atoms with van der Waals surface area (Å²) in [5.74, 6) is 0. The summed E-state index contributed by atoms with van der Waals surface area (Å²) < 4.78 is 5.41. The van der Waals surface area contributed by atoms with E-state index in [1.165, 1.54) is 16.7 Å². The zero-order valence-electron chi connectivity index (χ0n) is 11.7. The fraction of sp³-hybridized carbons (Fsp3) is 0.562. The van der Waals surface area contributed by atoms with Crippen molar-refractivity contribution >= 4 is 6.09 Å². The van der Waals surface area contributed by atoms with Crippen LogP contribution in [0.4, 0.5) is 4.79 Å². The lowest BCUT2D eigenvalue weighted by molar-refractivity contribution is 0.0889. The van der Waals surface area contributed by atoms with Crippen molar-refractivity contribution in [3.05, 3.63) is 34.9 Å². The van der Waals surface area contributed by atoms with Crippen molar-refractivity contribution in [1.82, 2.24) is 4.90 Å². The van der Waals surface area contributed by atoms with Crippen LogP contribution in [0.15, 0.2) is 18.2 Å². The van der Waals surface area contributed by atoms with E-state index in [0.717, 1.165) is 25.7 Å². The van der Waals surface area contributed by atoms with Gasteiger partial charge in [-0.1, -0.05) is 31.5 Å². The maximum Gasteiger partial charge on any atom is 0.410 e. The molecule has 0 unspecified atom stereocenters. The average molecular weight is 259 g/mol. The van der Waals surface area contributed by atoms with Gasteiger partial charge < -0.3 is 4.74 Å². The van der Waals surface area contributed by atoms with Crippen LogP contribution in [-0.4, -0.2) is 17.6 Å². The first-order valence-electron chi connectivity index (χ1n) is 7.28. The quantitative estimate of drug-likeness (QED) is 0.764. The fourth-order valence-corrected chi connectivity index (χ4v) is 3.48. The molecular weight excluding hydrogens is 238 g/mol.